The number of guanidine groups is 1. The molecule has 7 heteroatoms. The van der Waals surface area contributed by atoms with Crippen LogP contribution in [0.5, 0.6) is 0 Å². The average molecular weight is 380 g/mol. The SMILES string of the molecule is Cc1cc(C)nc(NC(=N)Nc2ccc(Cl)cc2C(=O)c2ccccc2)n1. The van der Waals surface area contributed by atoms with Gasteiger partial charge >= 0.3 is 0 Å². The molecule has 0 aliphatic carbocycles. The summed E-state index contributed by atoms with van der Waals surface area (Å²) in [5, 5.41) is 14.3. The van der Waals surface area contributed by atoms with Crippen LogP contribution in [0.3, 0.4) is 0 Å². The zero-order valence-electron chi connectivity index (χ0n) is 14.9. The minimum absolute atomic E-state index is 0.0514. The Morgan fingerprint density at radius 3 is 2.30 bits per heavy atom. The Kier molecular flexibility index (Phi) is 5.47. The number of nitrogens with zero attached hydrogens (tertiary/aromatic N) is 2. The summed E-state index contributed by atoms with van der Waals surface area (Å²) in [6.07, 6.45) is 0. The molecule has 1 aromatic heterocycles. The van der Waals surface area contributed by atoms with Gasteiger partial charge in [-0.15, -0.1) is 0 Å². The van der Waals surface area contributed by atoms with E-state index in [2.05, 4.69) is 20.6 Å². The summed E-state index contributed by atoms with van der Waals surface area (Å²) in [6.45, 7) is 3.71. The highest BCUT2D eigenvalue weighted by Crippen LogP contribution is 2.24. The Labute approximate surface area is 162 Å². The molecule has 0 saturated carbocycles. The fourth-order valence-corrected chi connectivity index (χ4v) is 2.79. The van der Waals surface area contributed by atoms with Crippen molar-refractivity contribution in [3.05, 3.63) is 82.1 Å². The minimum Gasteiger partial charge on any atom is -0.325 e. The topological polar surface area (TPSA) is 90.8 Å². The highest BCUT2D eigenvalue weighted by Gasteiger charge is 2.15. The normalized spacial score (nSPS) is 10.3. The zero-order chi connectivity index (χ0) is 19.4. The molecule has 0 radical (unpaired) electrons. The first-order chi connectivity index (χ1) is 12.9. The van der Waals surface area contributed by atoms with Crippen LogP contribution in [-0.2, 0) is 0 Å². The first-order valence-corrected chi connectivity index (χ1v) is 8.64. The second kappa shape index (κ2) is 7.97. The fraction of sp³-hybridized carbons (Fsp3) is 0.100. The molecule has 0 bridgehead atoms. The standard InChI is InChI=1S/C20H18ClN5O/c1-12-10-13(2)24-20(23-12)26-19(22)25-17-9-8-15(21)11-16(17)18(27)14-6-4-3-5-7-14/h3-11H,1-2H3,(H3,22,23,24,25,26). The van der Waals surface area contributed by atoms with Crippen molar-refractivity contribution in [2.24, 2.45) is 0 Å². The molecule has 0 unspecified atom stereocenters. The lowest BCUT2D eigenvalue weighted by atomic mass is 10.0. The number of hydrogen-bond donors (Lipinski definition) is 3. The van der Waals surface area contributed by atoms with Gasteiger partial charge in [-0.2, -0.15) is 0 Å². The van der Waals surface area contributed by atoms with Crippen molar-refractivity contribution in [2.45, 2.75) is 13.8 Å². The van der Waals surface area contributed by atoms with Crippen molar-refractivity contribution in [1.29, 1.82) is 5.41 Å². The summed E-state index contributed by atoms with van der Waals surface area (Å²) in [5.74, 6) is 0.0791. The van der Waals surface area contributed by atoms with E-state index in [-0.39, 0.29) is 11.7 Å². The van der Waals surface area contributed by atoms with E-state index in [0.29, 0.717) is 27.8 Å². The Morgan fingerprint density at radius 1 is 0.963 bits per heavy atom. The number of nitrogens with one attached hydrogen (secondary N) is 3. The van der Waals surface area contributed by atoms with Crippen LogP contribution < -0.4 is 10.6 Å². The molecular formula is C20H18ClN5O. The maximum absolute atomic E-state index is 12.8. The Balaban J connectivity index is 1.84. The summed E-state index contributed by atoms with van der Waals surface area (Å²) in [6, 6.07) is 15.7. The Morgan fingerprint density at radius 2 is 1.63 bits per heavy atom. The van der Waals surface area contributed by atoms with Crippen molar-refractivity contribution < 1.29 is 4.79 Å². The maximum atomic E-state index is 12.8. The number of benzene rings is 2. The monoisotopic (exact) mass is 379 g/mol. The van der Waals surface area contributed by atoms with Crippen LogP contribution in [0.15, 0.2) is 54.6 Å². The molecule has 0 fully saturated rings. The highest BCUT2D eigenvalue weighted by atomic mass is 35.5. The average Bonchev–Trinajstić information content (AvgIpc) is 2.62. The third kappa shape index (κ3) is 4.68. The predicted molar refractivity (Wildman–Crippen MR) is 108 cm³/mol. The van der Waals surface area contributed by atoms with Gasteiger partial charge in [0.05, 0.1) is 5.69 Å². The van der Waals surface area contributed by atoms with Crippen LogP contribution in [0.4, 0.5) is 11.6 Å². The van der Waals surface area contributed by atoms with Gasteiger partial charge in [0.2, 0.25) is 5.95 Å². The zero-order valence-corrected chi connectivity index (χ0v) is 15.6. The molecule has 0 spiro atoms. The lowest BCUT2D eigenvalue weighted by Crippen LogP contribution is -2.23. The molecule has 1 heterocycles. The van der Waals surface area contributed by atoms with E-state index in [1.807, 2.05) is 26.0 Å². The molecule has 2 aromatic carbocycles. The number of hydrogen-bond acceptors (Lipinski definition) is 4. The molecule has 0 saturated heterocycles. The number of anilines is 2. The van der Waals surface area contributed by atoms with Crippen molar-refractivity contribution in [2.75, 3.05) is 10.6 Å². The van der Waals surface area contributed by atoms with Gasteiger partial charge < -0.3 is 5.32 Å². The third-order valence-corrected chi connectivity index (χ3v) is 3.98. The lowest BCUT2D eigenvalue weighted by molar-refractivity contribution is 0.103. The third-order valence-electron chi connectivity index (χ3n) is 3.74. The molecule has 3 aromatic rings. The van der Waals surface area contributed by atoms with Gasteiger partial charge in [0, 0.05) is 27.5 Å². The molecular weight excluding hydrogens is 362 g/mol. The molecule has 27 heavy (non-hydrogen) atoms. The lowest BCUT2D eigenvalue weighted by Gasteiger charge is -2.14. The second-order valence-electron chi connectivity index (χ2n) is 5.98. The smallest absolute Gasteiger partial charge is 0.229 e. The Bertz CT molecular complexity index is 984. The quantitative estimate of drug-likeness (QED) is 0.354. The van der Waals surface area contributed by atoms with Gasteiger partial charge in [-0.25, -0.2) is 9.97 Å². The second-order valence-corrected chi connectivity index (χ2v) is 6.42. The molecule has 0 amide bonds. The molecule has 136 valence electrons. The van der Waals surface area contributed by atoms with Crippen LogP contribution >= 0.6 is 11.6 Å². The number of aromatic nitrogens is 2. The van der Waals surface area contributed by atoms with Crippen molar-refractivity contribution in [3.8, 4) is 0 Å². The van der Waals surface area contributed by atoms with Crippen molar-refractivity contribution >= 4 is 35.0 Å². The van der Waals surface area contributed by atoms with Crippen LogP contribution in [0.1, 0.15) is 27.3 Å². The first-order valence-electron chi connectivity index (χ1n) is 8.26. The van der Waals surface area contributed by atoms with E-state index in [0.717, 1.165) is 11.4 Å². The number of rotatable bonds is 4. The molecule has 0 aliphatic heterocycles. The van der Waals surface area contributed by atoms with E-state index in [4.69, 9.17) is 17.0 Å². The van der Waals surface area contributed by atoms with Gasteiger partial charge in [-0.1, -0.05) is 41.9 Å². The van der Waals surface area contributed by atoms with Gasteiger partial charge in [0.15, 0.2) is 11.7 Å². The van der Waals surface area contributed by atoms with Crippen molar-refractivity contribution in [1.82, 2.24) is 9.97 Å². The molecule has 6 nitrogen and oxygen atoms in total. The van der Waals surface area contributed by atoms with E-state index in [1.54, 1.807) is 42.5 Å². The molecule has 0 atom stereocenters. The first kappa shape index (κ1) is 18.5. The maximum Gasteiger partial charge on any atom is 0.229 e. The molecule has 3 rings (SSSR count). The minimum atomic E-state index is -0.184. The van der Waals surface area contributed by atoms with E-state index in [1.165, 1.54) is 0 Å². The van der Waals surface area contributed by atoms with Crippen LogP contribution in [-0.4, -0.2) is 21.7 Å². The number of ketones is 1. The van der Waals surface area contributed by atoms with Gasteiger partial charge in [0.1, 0.15) is 0 Å². The molecule has 0 aliphatic rings. The van der Waals surface area contributed by atoms with Crippen LogP contribution in [0.25, 0.3) is 0 Å². The summed E-state index contributed by atoms with van der Waals surface area (Å²) < 4.78 is 0. The van der Waals surface area contributed by atoms with E-state index < -0.39 is 0 Å². The number of aryl methyl sites for hydroxylation is 2. The fourth-order valence-electron chi connectivity index (χ4n) is 2.62. The summed E-state index contributed by atoms with van der Waals surface area (Å²) >= 11 is 6.08. The number of halogens is 1. The van der Waals surface area contributed by atoms with Crippen LogP contribution in [0, 0.1) is 19.3 Å². The number of carbonyl (C=O) groups is 1. The van der Waals surface area contributed by atoms with Crippen LogP contribution in [0.2, 0.25) is 5.02 Å². The highest BCUT2D eigenvalue weighted by molar-refractivity contribution is 6.31. The summed E-state index contributed by atoms with van der Waals surface area (Å²) in [4.78, 5) is 21.3. The predicted octanol–water partition coefficient (Wildman–Crippen LogP) is 4.44. The van der Waals surface area contributed by atoms with Gasteiger partial charge in [-0.3, -0.25) is 15.5 Å². The Hall–Kier alpha value is -3.25. The van der Waals surface area contributed by atoms with E-state index in [9.17, 15) is 4.79 Å². The van der Waals surface area contributed by atoms with E-state index >= 15 is 0 Å². The largest absolute Gasteiger partial charge is 0.325 e. The molecule has 3 N–H and O–H groups in total. The summed E-state index contributed by atoms with van der Waals surface area (Å²) in [5.41, 5.74) is 2.98. The summed E-state index contributed by atoms with van der Waals surface area (Å²) in [7, 11) is 0. The number of carbonyl (C=O) groups excluding carboxylic acids is 1. The van der Waals surface area contributed by atoms with Gasteiger partial charge in [-0.05, 0) is 38.1 Å². The van der Waals surface area contributed by atoms with Gasteiger partial charge in [0.25, 0.3) is 0 Å². The van der Waals surface area contributed by atoms with Crippen molar-refractivity contribution in [3.63, 3.8) is 0 Å².